The molecule has 0 fully saturated rings. The minimum Gasteiger partial charge on any atom is -0.313 e. The third kappa shape index (κ3) is 1.25. The van der Waals surface area contributed by atoms with Crippen LogP contribution in [0.25, 0.3) is 5.82 Å². The molecule has 3 nitrogen and oxygen atoms in total. The summed E-state index contributed by atoms with van der Waals surface area (Å²) >= 11 is 0. The lowest BCUT2D eigenvalue weighted by Crippen LogP contribution is -2.41. The van der Waals surface area contributed by atoms with Crippen LogP contribution in [0.5, 0.6) is 0 Å². The summed E-state index contributed by atoms with van der Waals surface area (Å²) in [6.07, 6.45) is 3.82. The Bertz CT molecular complexity index is 393. The molecule has 0 spiro atoms. The molecule has 0 N–H and O–H groups in total. The van der Waals surface area contributed by atoms with Crippen LogP contribution in [-0.4, -0.2) is 21.3 Å². The van der Waals surface area contributed by atoms with Gasteiger partial charge < -0.3 is 4.90 Å². The van der Waals surface area contributed by atoms with E-state index in [-0.39, 0.29) is 5.54 Å². The number of aliphatic imine (C=N–C) groups is 1. The van der Waals surface area contributed by atoms with Crippen molar-refractivity contribution in [3.05, 3.63) is 24.9 Å². The van der Waals surface area contributed by atoms with Gasteiger partial charge in [-0.1, -0.05) is 6.58 Å². The molecular weight excluding hydrogens is 174 g/mol. The van der Waals surface area contributed by atoms with Crippen LogP contribution >= 0.6 is 0 Å². The van der Waals surface area contributed by atoms with Gasteiger partial charge in [0.1, 0.15) is 11.6 Å². The molecule has 2 rings (SSSR count). The second kappa shape index (κ2) is 2.74. The predicted octanol–water partition coefficient (Wildman–Crippen LogP) is 2.69. The summed E-state index contributed by atoms with van der Waals surface area (Å²) in [6.45, 7) is 10.5. The highest BCUT2D eigenvalue weighted by Crippen LogP contribution is 2.28. The number of nitrogens with zero attached hydrogens (tertiary/aromatic N) is 3. The highest BCUT2D eigenvalue weighted by atomic mass is 15.4. The van der Waals surface area contributed by atoms with Gasteiger partial charge in [-0.3, -0.25) is 4.57 Å². The van der Waals surface area contributed by atoms with Gasteiger partial charge in [0.05, 0.1) is 6.34 Å². The lowest BCUT2D eigenvalue weighted by molar-refractivity contribution is 0.321. The Hall–Kier alpha value is -1.51. The predicted molar refractivity (Wildman–Crippen MR) is 59.5 cm³/mol. The van der Waals surface area contributed by atoms with Gasteiger partial charge >= 0.3 is 0 Å². The number of rotatable bonds is 0. The van der Waals surface area contributed by atoms with Crippen molar-refractivity contribution in [3.63, 3.8) is 0 Å². The first-order chi connectivity index (χ1) is 6.50. The van der Waals surface area contributed by atoms with E-state index in [1.807, 2.05) is 29.2 Å². The van der Waals surface area contributed by atoms with Crippen molar-refractivity contribution in [1.82, 2.24) is 9.47 Å². The average molecular weight is 189 g/mol. The maximum absolute atomic E-state index is 4.35. The van der Waals surface area contributed by atoms with Crippen molar-refractivity contribution in [1.29, 1.82) is 0 Å². The maximum atomic E-state index is 4.35. The third-order valence-electron chi connectivity index (χ3n) is 2.31. The molecule has 0 bridgehead atoms. The summed E-state index contributed by atoms with van der Waals surface area (Å²) in [7, 11) is 0. The van der Waals surface area contributed by atoms with Crippen LogP contribution in [0.15, 0.2) is 29.9 Å². The Kier molecular flexibility index (Phi) is 1.77. The zero-order valence-corrected chi connectivity index (χ0v) is 8.86. The Morgan fingerprint density at radius 2 is 2.07 bits per heavy atom. The molecule has 1 aromatic heterocycles. The highest BCUT2D eigenvalue weighted by Gasteiger charge is 2.25. The van der Waals surface area contributed by atoms with Crippen LogP contribution in [0, 0.1) is 0 Å². The summed E-state index contributed by atoms with van der Waals surface area (Å²) in [5.41, 5.74) is 0.0164. The highest BCUT2D eigenvalue weighted by molar-refractivity contribution is 5.75. The van der Waals surface area contributed by atoms with Crippen LogP contribution in [-0.2, 0) is 0 Å². The van der Waals surface area contributed by atoms with Gasteiger partial charge in [0.2, 0.25) is 0 Å². The summed E-state index contributed by atoms with van der Waals surface area (Å²) in [6, 6.07) is 3.95. The zero-order chi connectivity index (χ0) is 10.3. The Labute approximate surface area is 84.4 Å². The molecule has 0 unspecified atom stereocenters. The standard InChI is InChI=1S/C11H15N3/c1-9-13-7-5-6-10(13)12-8-14(9)11(2,3)4/h5-8H,1H2,2-4H3. The van der Waals surface area contributed by atoms with Crippen molar-refractivity contribution >= 4 is 18.0 Å². The fraction of sp³-hybridized carbons (Fsp3) is 0.364. The smallest absolute Gasteiger partial charge is 0.139 e. The molecule has 1 aliphatic rings. The van der Waals surface area contributed by atoms with E-state index in [4.69, 9.17) is 0 Å². The van der Waals surface area contributed by atoms with Crippen molar-refractivity contribution < 1.29 is 0 Å². The van der Waals surface area contributed by atoms with Gasteiger partial charge in [0.25, 0.3) is 0 Å². The second-order valence-electron chi connectivity index (χ2n) is 4.44. The van der Waals surface area contributed by atoms with E-state index in [9.17, 15) is 0 Å². The van der Waals surface area contributed by atoms with Crippen LogP contribution in [0.3, 0.4) is 0 Å². The second-order valence-corrected chi connectivity index (χ2v) is 4.44. The SMILES string of the molecule is C=C1N(C(C)(C)C)C=Nc2cccn21. The fourth-order valence-electron chi connectivity index (χ4n) is 1.56. The lowest BCUT2D eigenvalue weighted by atomic mass is 10.1. The van der Waals surface area contributed by atoms with Crippen LogP contribution in [0.1, 0.15) is 20.8 Å². The van der Waals surface area contributed by atoms with E-state index in [2.05, 4.69) is 37.2 Å². The molecule has 14 heavy (non-hydrogen) atoms. The molecular formula is C11H15N3. The first kappa shape index (κ1) is 9.06. The first-order valence-electron chi connectivity index (χ1n) is 4.70. The van der Waals surface area contributed by atoms with Gasteiger partial charge in [-0.15, -0.1) is 0 Å². The van der Waals surface area contributed by atoms with E-state index in [1.54, 1.807) is 0 Å². The van der Waals surface area contributed by atoms with E-state index in [0.29, 0.717) is 0 Å². The molecule has 1 aliphatic heterocycles. The number of hydrogen-bond donors (Lipinski definition) is 0. The molecule has 0 saturated carbocycles. The average Bonchev–Trinajstić information content (AvgIpc) is 2.50. The van der Waals surface area contributed by atoms with Gasteiger partial charge in [0.15, 0.2) is 0 Å². The largest absolute Gasteiger partial charge is 0.313 e. The minimum absolute atomic E-state index is 0.0164. The number of hydrogen-bond acceptors (Lipinski definition) is 2. The van der Waals surface area contributed by atoms with Gasteiger partial charge in [-0.2, -0.15) is 0 Å². The van der Waals surface area contributed by atoms with Crippen LogP contribution in [0.4, 0.5) is 5.82 Å². The molecule has 2 heterocycles. The number of aromatic nitrogens is 1. The molecule has 0 radical (unpaired) electrons. The molecule has 0 saturated heterocycles. The molecule has 74 valence electrons. The van der Waals surface area contributed by atoms with Crippen molar-refractivity contribution in [2.24, 2.45) is 4.99 Å². The van der Waals surface area contributed by atoms with E-state index < -0.39 is 0 Å². The van der Waals surface area contributed by atoms with Gasteiger partial charge in [-0.05, 0) is 32.9 Å². The first-order valence-corrected chi connectivity index (χ1v) is 4.70. The van der Waals surface area contributed by atoms with Gasteiger partial charge in [-0.25, -0.2) is 4.99 Å². The molecule has 1 aromatic rings. The normalized spacial score (nSPS) is 15.9. The summed E-state index contributed by atoms with van der Waals surface area (Å²) in [5.74, 6) is 1.89. The topological polar surface area (TPSA) is 20.5 Å². The van der Waals surface area contributed by atoms with Crippen LogP contribution in [0.2, 0.25) is 0 Å². The molecule has 0 amide bonds. The lowest BCUT2D eigenvalue weighted by Gasteiger charge is -2.37. The Morgan fingerprint density at radius 3 is 2.71 bits per heavy atom. The summed E-state index contributed by atoms with van der Waals surface area (Å²) in [4.78, 5) is 6.42. The zero-order valence-electron chi connectivity index (χ0n) is 8.86. The third-order valence-corrected chi connectivity index (χ3v) is 2.31. The Morgan fingerprint density at radius 1 is 1.36 bits per heavy atom. The van der Waals surface area contributed by atoms with E-state index in [1.165, 1.54) is 0 Å². The molecule has 0 atom stereocenters. The fourth-order valence-corrected chi connectivity index (χ4v) is 1.56. The van der Waals surface area contributed by atoms with Crippen molar-refractivity contribution in [2.45, 2.75) is 26.3 Å². The summed E-state index contributed by atoms with van der Waals surface area (Å²) < 4.78 is 1.99. The Balaban J connectivity index is 2.43. The van der Waals surface area contributed by atoms with E-state index >= 15 is 0 Å². The van der Waals surface area contributed by atoms with Gasteiger partial charge in [0, 0.05) is 11.7 Å². The number of fused-ring (bicyclic) bond motifs is 1. The molecule has 0 aliphatic carbocycles. The van der Waals surface area contributed by atoms with Crippen molar-refractivity contribution in [2.75, 3.05) is 0 Å². The van der Waals surface area contributed by atoms with Crippen LogP contribution < -0.4 is 0 Å². The van der Waals surface area contributed by atoms with E-state index in [0.717, 1.165) is 11.6 Å². The molecule has 0 aromatic carbocycles. The maximum Gasteiger partial charge on any atom is 0.139 e. The summed E-state index contributed by atoms with van der Waals surface area (Å²) in [5, 5.41) is 0. The quantitative estimate of drug-likeness (QED) is 0.614. The van der Waals surface area contributed by atoms with Crippen molar-refractivity contribution in [3.8, 4) is 0 Å². The monoisotopic (exact) mass is 189 g/mol. The minimum atomic E-state index is 0.0164. The molecule has 3 heteroatoms.